The molecule has 2 rings (SSSR count). The molecular formula is C14H21N3O3S. The Hall–Kier alpha value is -1.44. The van der Waals surface area contributed by atoms with Crippen molar-refractivity contribution in [1.82, 2.24) is 9.80 Å². The fourth-order valence-electron chi connectivity index (χ4n) is 2.37. The highest BCUT2D eigenvalue weighted by Gasteiger charge is 2.26. The van der Waals surface area contributed by atoms with E-state index < -0.39 is 5.91 Å². The minimum atomic E-state index is -0.512. The van der Waals surface area contributed by atoms with Gasteiger partial charge in [0.1, 0.15) is 0 Å². The zero-order valence-corrected chi connectivity index (χ0v) is 13.2. The van der Waals surface area contributed by atoms with Crippen LogP contribution in [-0.2, 0) is 9.53 Å². The molecule has 1 aromatic heterocycles. The molecular weight excluding hydrogens is 290 g/mol. The van der Waals surface area contributed by atoms with E-state index in [4.69, 9.17) is 10.5 Å². The molecule has 116 valence electrons. The minimum absolute atomic E-state index is 0.0836. The predicted octanol–water partition coefficient (Wildman–Crippen LogP) is 0.315. The molecule has 0 radical (unpaired) electrons. The van der Waals surface area contributed by atoms with Crippen molar-refractivity contribution in [2.45, 2.75) is 13.0 Å². The molecule has 1 atom stereocenters. The molecule has 0 aromatic carbocycles. The zero-order chi connectivity index (χ0) is 15.4. The van der Waals surface area contributed by atoms with Crippen LogP contribution in [0.1, 0.15) is 15.2 Å². The summed E-state index contributed by atoms with van der Waals surface area (Å²) in [5, 5.41) is 1.87. The number of thiophene rings is 1. The van der Waals surface area contributed by atoms with Crippen LogP contribution in [-0.4, -0.2) is 67.6 Å². The van der Waals surface area contributed by atoms with Crippen LogP contribution in [0.4, 0.5) is 0 Å². The Labute approximate surface area is 128 Å². The van der Waals surface area contributed by atoms with Crippen molar-refractivity contribution in [2.24, 2.45) is 5.73 Å². The maximum atomic E-state index is 12.6. The number of nitrogens with zero attached hydrogens (tertiary/aromatic N) is 2. The number of amides is 2. The van der Waals surface area contributed by atoms with Crippen molar-refractivity contribution in [3.63, 3.8) is 0 Å². The van der Waals surface area contributed by atoms with Crippen LogP contribution in [0, 0.1) is 6.92 Å². The van der Waals surface area contributed by atoms with Crippen LogP contribution in [0.2, 0.25) is 0 Å². The van der Waals surface area contributed by atoms with Crippen LogP contribution in [0.15, 0.2) is 11.4 Å². The molecule has 0 saturated carbocycles. The van der Waals surface area contributed by atoms with Gasteiger partial charge in [0, 0.05) is 19.6 Å². The summed E-state index contributed by atoms with van der Waals surface area (Å²) in [6.45, 7) is 4.44. The number of primary amides is 1. The highest BCUT2D eigenvalue weighted by atomic mass is 32.1. The maximum absolute atomic E-state index is 12.6. The second-order valence-corrected chi connectivity index (χ2v) is 6.26. The summed E-state index contributed by atoms with van der Waals surface area (Å²) in [6.07, 6.45) is -0.0904. The number of carbonyl (C=O) groups excluding carboxylic acids is 2. The first-order valence-corrected chi connectivity index (χ1v) is 7.77. The molecule has 0 unspecified atom stereocenters. The lowest BCUT2D eigenvalue weighted by molar-refractivity contribution is -0.119. The van der Waals surface area contributed by atoms with Gasteiger partial charge in [0.2, 0.25) is 5.91 Å². The van der Waals surface area contributed by atoms with E-state index in [-0.39, 0.29) is 18.6 Å². The van der Waals surface area contributed by atoms with Crippen LogP contribution < -0.4 is 5.73 Å². The summed E-state index contributed by atoms with van der Waals surface area (Å²) in [5.41, 5.74) is 6.19. The molecule has 1 fully saturated rings. The number of rotatable bonds is 5. The number of likely N-dealkylation sites (N-methyl/N-ethyl adjacent to an activating group) is 1. The van der Waals surface area contributed by atoms with Gasteiger partial charge in [0.25, 0.3) is 5.91 Å². The van der Waals surface area contributed by atoms with Crippen molar-refractivity contribution >= 4 is 23.2 Å². The molecule has 0 bridgehead atoms. The van der Waals surface area contributed by atoms with Crippen LogP contribution >= 0.6 is 11.3 Å². The summed E-state index contributed by atoms with van der Waals surface area (Å²) in [7, 11) is 2.01. The first kappa shape index (κ1) is 15.9. The quantitative estimate of drug-likeness (QED) is 0.849. The standard InChI is InChI=1S/C14H21N3O3S/c1-10-3-6-21-13(10)14(19)17(9-12(15)18)8-11-7-16(2)4-5-20-11/h3,6,11H,4-5,7-9H2,1-2H3,(H2,15,18)/t11-/m1/s1. The fraction of sp³-hybridized carbons (Fsp3) is 0.571. The third-order valence-electron chi connectivity index (χ3n) is 3.46. The van der Waals surface area contributed by atoms with Crippen molar-refractivity contribution in [1.29, 1.82) is 0 Å². The molecule has 1 aliphatic rings. The molecule has 7 heteroatoms. The van der Waals surface area contributed by atoms with Gasteiger partial charge in [-0.15, -0.1) is 11.3 Å². The van der Waals surface area contributed by atoms with Gasteiger partial charge in [-0.2, -0.15) is 0 Å². The summed E-state index contributed by atoms with van der Waals surface area (Å²) in [6, 6.07) is 1.89. The minimum Gasteiger partial charge on any atom is -0.374 e. The number of carbonyl (C=O) groups is 2. The van der Waals surface area contributed by atoms with Gasteiger partial charge in [-0.1, -0.05) is 0 Å². The summed E-state index contributed by atoms with van der Waals surface area (Å²) in [5.74, 6) is -0.667. The SMILES string of the molecule is Cc1ccsc1C(=O)N(CC(N)=O)C[C@H]1CN(C)CCO1. The largest absolute Gasteiger partial charge is 0.374 e. The Bertz CT molecular complexity index is 517. The Kier molecular flexibility index (Phi) is 5.33. The van der Waals surface area contributed by atoms with Gasteiger partial charge in [0.15, 0.2) is 0 Å². The molecule has 1 aromatic rings. The third kappa shape index (κ3) is 4.26. The van der Waals surface area contributed by atoms with E-state index in [1.54, 1.807) is 0 Å². The van der Waals surface area contributed by atoms with Crippen LogP contribution in [0.5, 0.6) is 0 Å². The summed E-state index contributed by atoms with van der Waals surface area (Å²) >= 11 is 1.38. The predicted molar refractivity (Wildman–Crippen MR) is 81.4 cm³/mol. The van der Waals surface area contributed by atoms with E-state index in [1.807, 2.05) is 25.4 Å². The number of morpholine rings is 1. The Morgan fingerprint density at radius 2 is 2.33 bits per heavy atom. The number of aryl methyl sites for hydroxylation is 1. The highest BCUT2D eigenvalue weighted by Crippen LogP contribution is 2.18. The molecule has 6 nitrogen and oxygen atoms in total. The number of hydrogen-bond acceptors (Lipinski definition) is 5. The molecule has 1 aliphatic heterocycles. The van der Waals surface area contributed by atoms with Gasteiger partial charge < -0.3 is 20.3 Å². The molecule has 0 aliphatic carbocycles. The Morgan fingerprint density at radius 1 is 1.57 bits per heavy atom. The van der Waals surface area contributed by atoms with Crippen molar-refractivity contribution in [2.75, 3.05) is 39.8 Å². The second kappa shape index (κ2) is 7.02. The van der Waals surface area contributed by atoms with Gasteiger partial charge in [-0.05, 0) is 31.0 Å². The van der Waals surface area contributed by atoms with Crippen molar-refractivity contribution in [3.8, 4) is 0 Å². The second-order valence-electron chi connectivity index (χ2n) is 5.34. The summed E-state index contributed by atoms with van der Waals surface area (Å²) < 4.78 is 5.67. The monoisotopic (exact) mass is 311 g/mol. The van der Waals surface area contributed by atoms with E-state index in [9.17, 15) is 9.59 Å². The molecule has 2 amide bonds. The van der Waals surface area contributed by atoms with Crippen LogP contribution in [0.3, 0.4) is 0 Å². The average molecular weight is 311 g/mol. The molecule has 1 saturated heterocycles. The van der Waals surface area contributed by atoms with E-state index >= 15 is 0 Å². The molecule has 0 spiro atoms. The first-order chi connectivity index (χ1) is 9.97. The maximum Gasteiger partial charge on any atom is 0.264 e. The van der Waals surface area contributed by atoms with Gasteiger partial charge in [-0.3, -0.25) is 9.59 Å². The van der Waals surface area contributed by atoms with Gasteiger partial charge >= 0.3 is 0 Å². The average Bonchev–Trinajstić information content (AvgIpc) is 2.83. The lowest BCUT2D eigenvalue weighted by Gasteiger charge is -2.33. The highest BCUT2D eigenvalue weighted by molar-refractivity contribution is 7.12. The van der Waals surface area contributed by atoms with Gasteiger partial charge in [0.05, 0.1) is 24.1 Å². The summed E-state index contributed by atoms with van der Waals surface area (Å²) in [4.78, 5) is 28.1. The molecule has 2 heterocycles. The lowest BCUT2D eigenvalue weighted by Crippen LogP contribution is -2.49. The van der Waals surface area contributed by atoms with E-state index in [1.165, 1.54) is 16.2 Å². The number of ether oxygens (including phenoxy) is 1. The smallest absolute Gasteiger partial charge is 0.264 e. The van der Waals surface area contributed by atoms with Gasteiger partial charge in [-0.25, -0.2) is 0 Å². The Balaban J connectivity index is 2.08. The van der Waals surface area contributed by atoms with E-state index in [2.05, 4.69) is 4.90 Å². The Morgan fingerprint density at radius 3 is 2.90 bits per heavy atom. The number of hydrogen-bond donors (Lipinski definition) is 1. The van der Waals surface area contributed by atoms with Crippen LogP contribution in [0.25, 0.3) is 0 Å². The molecule has 21 heavy (non-hydrogen) atoms. The lowest BCUT2D eigenvalue weighted by atomic mass is 10.2. The van der Waals surface area contributed by atoms with E-state index in [0.29, 0.717) is 18.0 Å². The third-order valence-corrected chi connectivity index (χ3v) is 4.46. The van der Waals surface area contributed by atoms with Crippen molar-refractivity contribution < 1.29 is 14.3 Å². The van der Waals surface area contributed by atoms with Crippen molar-refractivity contribution in [3.05, 3.63) is 21.9 Å². The first-order valence-electron chi connectivity index (χ1n) is 6.89. The normalized spacial score (nSPS) is 19.4. The molecule has 2 N–H and O–H groups in total. The van der Waals surface area contributed by atoms with E-state index in [0.717, 1.165) is 18.7 Å². The zero-order valence-electron chi connectivity index (χ0n) is 12.4. The fourth-order valence-corrected chi connectivity index (χ4v) is 3.26. The number of nitrogens with two attached hydrogens (primary N) is 1. The topological polar surface area (TPSA) is 75.9 Å².